The summed E-state index contributed by atoms with van der Waals surface area (Å²) < 4.78 is 12.5. The van der Waals surface area contributed by atoms with Crippen molar-refractivity contribution < 1.29 is 9.47 Å². The van der Waals surface area contributed by atoms with Crippen molar-refractivity contribution in [1.29, 1.82) is 0 Å². The van der Waals surface area contributed by atoms with Gasteiger partial charge in [-0.1, -0.05) is 18.2 Å². The second kappa shape index (κ2) is 7.44. The van der Waals surface area contributed by atoms with Crippen LogP contribution in [0.1, 0.15) is 11.4 Å². The lowest BCUT2D eigenvalue weighted by molar-refractivity contribution is 0.393. The van der Waals surface area contributed by atoms with E-state index in [-0.39, 0.29) is 0 Å². The number of nitrogens with zero attached hydrogens (tertiary/aromatic N) is 5. The second-order valence-electron chi connectivity index (χ2n) is 6.85. The normalized spacial score (nSPS) is 11.1. The van der Waals surface area contributed by atoms with Gasteiger partial charge in [0.2, 0.25) is 0 Å². The van der Waals surface area contributed by atoms with Crippen molar-refractivity contribution in [1.82, 2.24) is 24.6 Å². The number of ether oxygens (including phenoxy) is 2. The molecule has 7 nitrogen and oxygen atoms in total. The Morgan fingerprint density at radius 3 is 2.53 bits per heavy atom. The average molecular weight is 397 g/mol. The van der Waals surface area contributed by atoms with E-state index in [2.05, 4.69) is 15.1 Å². The fourth-order valence-electron chi connectivity index (χ4n) is 3.59. The number of aromatic nitrogens is 5. The molecule has 0 aliphatic heterocycles. The van der Waals surface area contributed by atoms with Gasteiger partial charge >= 0.3 is 0 Å². The van der Waals surface area contributed by atoms with Gasteiger partial charge in [0.05, 0.1) is 19.7 Å². The maximum atomic E-state index is 5.37. The summed E-state index contributed by atoms with van der Waals surface area (Å²) >= 11 is 0. The Hall–Kier alpha value is -4.00. The summed E-state index contributed by atoms with van der Waals surface area (Å²) in [5.41, 5.74) is 4.39. The smallest absolute Gasteiger partial charge is 0.181 e. The molecule has 0 unspecified atom stereocenters. The highest BCUT2D eigenvalue weighted by Crippen LogP contribution is 2.29. The van der Waals surface area contributed by atoms with E-state index in [9.17, 15) is 0 Å². The Morgan fingerprint density at radius 2 is 1.73 bits per heavy atom. The first-order chi connectivity index (χ1) is 14.7. The zero-order valence-electron chi connectivity index (χ0n) is 16.6. The van der Waals surface area contributed by atoms with E-state index in [1.807, 2.05) is 54.7 Å². The molecule has 0 spiro atoms. The SMILES string of the molecule is COc1cc(Cc2nc3c(-c4cccc5ncccc45)nccn3n2)cc(OC)c1. The van der Waals surface area contributed by atoms with Crippen LogP contribution in [0.3, 0.4) is 0 Å². The number of benzene rings is 2. The molecule has 148 valence electrons. The molecular weight excluding hydrogens is 378 g/mol. The van der Waals surface area contributed by atoms with Gasteiger partial charge < -0.3 is 9.47 Å². The van der Waals surface area contributed by atoms with E-state index in [1.54, 1.807) is 31.1 Å². The second-order valence-corrected chi connectivity index (χ2v) is 6.85. The fraction of sp³-hybridized carbons (Fsp3) is 0.130. The van der Waals surface area contributed by atoms with Gasteiger partial charge in [-0.2, -0.15) is 5.10 Å². The van der Waals surface area contributed by atoms with Crippen LogP contribution in [-0.4, -0.2) is 38.8 Å². The fourth-order valence-corrected chi connectivity index (χ4v) is 3.59. The quantitative estimate of drug-likeness (QED) is 0.447. The predicted molar refractivity (Wildman–Crippen MR) is 114 cm³/mol. The Bertz CT molecular complexity index is 1340. The molecule has 0 aliphatic rings. The molecular formula is C23H19N5O2. The van der Waals surface area contributed by atoms with Gasteiger partial charge in [0.15, 0.2) is 11.5 Å². The summed E-state index contributed by atoms with van der Waals surface area (Å²) in [5.74, 6) is 2.16. The van der Waals surface area contributed by atoms with Gasteiger partial charge in [0.25, 0.3) is 0 Å². The van der Waals surface area contributed by atoms with E-state index >= 15 is 0 Å². The summed E-state index contributed by atoms with van der Waals surface area (Å²) in [7, 11) is 3.28. The molecule has 0 aliphatic carbocycles. The first-order valence-corrected chi connectivity index (χ1v) is 9.51. The molecule has 0 saturated heterocycles. The maximum Gasteiger partial charge on any atom is 0.181 e. The molecule has 0 radical (unpaired) electrons. The van der Waals surface area contributed by atoms with Crippen LogP contribution < -0.4 is 9.47 Å². The van der Waals surface area contributed by atoms with Crippen LogP contribution in [-0.2, 0) is 6.42 Å². The number of fused-ring (bicyclic) bond motifs is 2. The minimum atomic E-state index is 0.547. The van der Waals surface area contributed by atoms with Crippen molar-refractivity contribution in [3.05, 3.63) is 78.5 Å². The maximum absolute atomic E-state index is 5.37. The monoisotopic (exact) mass is 397 g/mol. The van der Waals surface area contributed by atoms with Crippen molar-refractivity contribution in [2.75, 3.05) is 14.2 Å². The Morgan fingerprint density at radius 1 is 0.900 bits per heavy atom. The van der Waals surface area contributed by atoms with Crippen LogP contribution in [0.15, 0.2) is 67.1 Å². The lowest BCUT2D eigenvalue weighted by atomic mass is 10.1. The molecule has 5 aromatic rings. The third-order valence-corrected chi connectivity index (χ3v) is 4.97. The third kappa shape index (κ3) is 3.20. The van der Waals surface area contributed by atoms with Crippen LogP contribution in [0.4, 0.5) is 0 Å². The van der Waals surface area contributed by atoms with Crippen LogP contribution in [0, 0.1) is 0 Å². The lowest BCUT2D eigenvalue weighted by Gasteiger charge is -2.07. The summed E-state index contributed by atoms with van der Waals surface area (Å²) in [6, 6.07) is 15.7. The van der Waals surface area contributed by atoms with Gasteiger partial charge in [0.1, 0.15) is 17.2 Å². The molecule has 0 N–H and O–H groups in total. The molecule has 0 saturated carbocycles. The molecule has 0 fully saturated rings. The molecule has 7 heteroatoms. The van der Waals surface area contributed by atoms with Gasteiger partial charge in [-0.05, 0) is 29.8 Å². The standard InChI is InChI=1S/C23H19N5O2/c1-29-16-11-15(12-17(14-16)30-2)13-21-26-23-22(25-9-10-28(23)27-21)19-5-3-7-20-18(19)6-4-8-24-20/h3-12,14H,13H2,1-2H3. The van der Waals surface area contributed by atoms with E-state index in [1.165, 1.54) is 0 Å². The van der Waals surface area contributed by atoms with Crippen molar-refractivity contribution in [2.24, 2.45) is 0 Å². The average Bonchev–Trinajstić information content (AvgIpc) is 3.20. The van der Waals surface area contributed by atoms with Crippen LogP contribution in [0.2, 0.25) is 0 Å². The number of methoxy groups -OCH3 is 2. The number of hydrogen-bond donors (Lipinski definition) is 0. The summed E-state index contributed by atoms with van der Waals surface area (Å²) in [4.78, 5) is 13.8. The zero-order chi connectivity index (χ0) is 20.5. The number of pyridine rings is 1. The molecule has 2 aromatic carbocycles. The molecule has 0 atom stereocenters. The van der Waals surface area contributed by atoms with Crippen molar-refractivity contribution in [2.45, 2.75) is 6.42 Å². The molecule has 3 heterocycles. The summed E-state index contributed by atoms with van der Waals surface area (Å²) in [6.45, 7) is 0. The Kier molecular flexibility index (Phi) is 4.48. The first-order valence-electron chi connectivity index (χ1n) is 9.51. The Labute approximate surface area is 173 Å². The minimum Gasteiger partial charge on any atom is -0.497 e. The minimum absolute atomic E-state index is 0.547. The molecule has 3 aromatic heterocycles. The van der Waals surface area contributed by atoms with Crippen LogP contribution >= 0.6 is 0 Å². The van der Waals surface area contributed by atoms with Crippen LogP contribution in [0.5, 0.6) is 11.5 Å². The zero-order valence-corrected chi connectivity index (χ0v) is 16.6. The van der Waals surface area contributed by atoms with Gasteiger partial charge in [-0.25, -0.2) is 9.50 Å². The van der Waals surface area contributed by atoms with Gasteiger partial charge in [0, 0.05) is 42.0 Å². The first kappa shape index (κ1) is 18.1. The van der Waals surface area contributed by atoms with E-state index < -0.39 is 0 Å². The lowest BCUT2D eigenvalue weighted by Crippen LogP contribution is -1.95. The molecule has 30 heavy (non-hydrogen) atoms. The summed E-state index contributed by atoms with van der Waals surface area (Å²) in [6.07, 6.45) is 5.89. The third-order valence-electron chi connectivity index (χ3n) is 4.97. The van der Waals surface area contributed by atoms with E-state index in [4.69, 9.17) is 14.5 Å². The van der Waals surface area contributed by atoms with Crippen molar-refractivity contribution in [3.8, 4) is 22.8 Å². The molecule has 0 amide bonds. The van der Waals surface area contributed by atoms with E-state index in [0.29, 0.717) is 17.9 Å². The molecule has 5 rings (SSSR count). The summed E-state index contributed by atoms with van der Waals surface area (Å²) in [5, 5.41) is 5.68. The highest BCUT2D eigenvalue weighted by molar-refractivity contribution is 5.96. The largest absolute Gasteiger partial charge is 0.497 e. The van der Waals surface area contributed by atoms with Crippen LogP contribution in [0.25, 0.3) is 27.8 Å². The highest BCUT2D eigenvalue weighted by atomic mass is 16.5. The van der Waals surface area contributed by atoms with E-state index in [0.717, 1.165) is 39.2 Å². The Balaban J connectivity index is 1.60. The predicted octanol–water partition coefficient (Wildman–Crippen LogP) is 3.95. The molecule has 0 bridgehead atoms. The van der Waals surface area contributed by atoms with Crippen molar-refractivity contribution >= 4 is 16.6 Å². The van der Waals surface area contributed by atoms with Gasteiger partial charge in [-0.15, -0.1) is 0 Å². The highest BCUT2D eigenvalue weighted by Gasteiger charge is 2.14. The number of rotatable bonds is 5. The van der Waals surface area contributed by atoms with Gasteiger partial charge in [-0.3, -0.25) is 9.97 Å². The van der Waals surface area contributed by atoms with Crippen molar-refractivity contribution in [3.63, 3.8) is 0 Å². The topological polar surface area (TPSA) is 74.4 Å². The number of hydrogen-bond acceptors (Lipinski definition) is 6.